The Kier molecular flexibility index (Phi) is 7.56. The Morgan fingerprint density at radius 2 is 1.67 bits per heavy atom. The number of nitrogens with zero attached hydrogens (tertiary/aromatic N) is 3. The van der Waals surface area contributed by atoms with Crippen LogP contribution in [0.1, 0.15) is 47.4 Å². The van der Waals surface area contributed by atoms with Crippen molar-refractivity contribution in [2.75, 3.05) is 33.3 Å². The maximum Gasteiger partial charge on any atom is 0.416 e. The molecule has 0 radical (unpaired) electrons. The monoisotopic (exact) mass is 748 g/mol. The van der Waals surface area contributed by atoms with E-state index < -0.39 is 119 Å². The van der Waals surface area contributed by atoms with Gasteiger partial charge in [0, 0.05) is 64.7 Å². The molecule has 12 heteroatoms. The highest BCUT2D eigenvalue weighted by molar-refractivity contribution is 7.98. The van der Waals surface area contributed by atoms with Crippen molar-refractivity contribution in [2.45, 2.75) is 48.8 Å². The number of piperidine rings is 1. The molecule has 1 aliphatic rings. The lowest BCUT2D eigenvalue weighted by Gasteiger charge is -2.39. The van der Waals surface area contributed by atoms with Crippen LogP contribution in [0.5, 0.6) is 0 Å². The molecule has 1 aromatic heterocycles. The van der Waals surface area contributed by atoms with Gasteiger partial charge in [-0.2, -0.15) is 13.2 Å². The molecule has 6 nitrogen and oxygen atoms in total. The van der Waals surface area contributed by atoms with Gasteiger partial charge in [-0.25, -0.2) is 8.78 Å². The number of hydrogen-bond acceptors (Lipinski definition) is 5. The molecule has 0 aliphatic carbocycles. The van der Waals surface area contributed by atoms with E-state index in [9.17, 15) is 32.2 Å². The third-order valence-corrected chi connectivity index (χ3v) is 9.19. The number of para-hydroxylation sites is 1. The fourth-order valence-corrected chi connectivity index (χ4v) is 6.45. The van der Waals surface area contributed by atoms with Gasteiger partial charge >= 0.3 is 6.18 Å². The molecule has 0 saturated carbocycles. The minimum atomic E-state index is -4.62. The van der Waals surface area contributed by atoms with Crippen molar-refractivity contribution in [3.63, 3.8) is 0 Å². The number of amides is 1. The minimum absolute atomic E-state index is 0.296. The Morgan fingerprint density at radius 1 is 1.00 bits per heavy atom. The van der Waals surface area contributed by atoms with Gasteiger partial charge in [0.15, 0.2) is 17.1 Å². The molecule has 0 atom stereocenters. The van der Waals surface area contributed by atoms with E-state index in [0.717, 1.165) is 42.3 Å². The summed E-state index contributed by atoms with van der Waals surface area (Å²) < 4.78 is 188. The Labute approximate surface area is 321 Å². The summed E-state index contributed by atoms with van der Waals surface area (Å²) in [4.78, 5) is 30.6. The van der Waals surface area contributed by atoms with Gasteiger partial charge in [-0.1, -0.05) is 60.6 Å². The largest absolute Gasteiger partial charge is 0.416 e. The number of thioether (sulfide) groups is 1. The van der Waals surface area contributed by atoms with Crippen molar-refractivity contribution in [1.29, 1.82) is 0 Å². The summed E-state index contributed by atoms with van der Waals surface area (Å²) in [5, 5.41) is -1.68. The number of alkyl halides is 3. The third kappa shape index (κ3) is 8.74. The van der Waals surface area contributed by atoms with Crippen LogP contribution >= 0.6 is 11.8 Å². The summed E-state index contributed by atoms with van der Waals surface area (Å²) in [5.74, 6) is -4.95. The lowest BCUT2D eigenvalue weighted by molar-refractivity contribution is -0.137. The molecule has 6 rings (SSSR count). The summed E-state index contributed by atoms with van der Waals surface area (Å²) in [6, 6.07) is 5.89. The van der Waals surface area contributed by atoms with Crippen LogP contribution in [0.25, 0.3) is 22.0 Å². The predicted molar refractivity (Wildman–Crippen MR) is 193 cm³/mol. The van der Waals surface area contributed by atoms with Crippen molar-refractivity contribution in [3.8, 4) is 11.1 Å². The number of fused-ring (bicyclic) bond motifs is 1. The number of rotatable bonds is 12. The first kappa shape index (κ1) is 23.9. The van der Waals surface area contributed by atoms with E-state index in [1.165, 1.54) is 36.4 Å². The zero-order valence-corrected chi connectivity index (χ0v) is 28.1. The number of aromatic nitrogens is 1. The molecular formula is C40H38F5N3O3S. The molecule has 1 fully saturated rings. The Hall–Kier alpha value is -4.52. The summed E-state index contributed by atoms with van der Waals surface area (Å²) in [5.41, 5.74) is -3.16. The van der Waals surface area contributed by atoms with Crippen LogP contribution in [0.3, 0.4) is 0 Å². The van der Waals surface area contributed by atoms with Gasteiger partial charge in [0.05, 0.1) is 37.7 Å². The van der Waals surface area contributed by atoms with Crippen LogP contribution in [0.2, 0.25) is 0 Å². The van der Waals surface area contributed by atoms with Gasteiger partial charge in [-0.05, 0) is 59.8 Å². The molecule has 4 aromatic carbocycles. The van der Waals surface area contributed by atoms with Crippen LogP contribution in [-0.4, -0.2) is 59.6 Å². The first-order chi connectivity index (χ1) is 30.1. The maximum atomic E-state index is 15.3. The summed E-state index contributed by atoms with van der Waals surface area (Å²) >= 11 is 0.361. The Morgan fingerprint density at radius 3 is 2.35 bits per heavy atom. The topological polar surface area (TPSA) is 54.8 Å². The van der Waals surface area contributed by atoms with Crippen LogP contribution in [0.15, 0.2) is 107 Å². The molecule has 1 amide bonds. The average Bonchev–Trinajstić information content (AvgIpc) is 3.26. The molecule has 0 N–H and O–H groups in total. The quantitative estimate of drug-likeness (QED) is 0.0949. The predicted octanol–water partition coefficient (Wildman–Crippen LogP) is 8.40. The van der Waals surface area contributed by atoms with Crippen molar-refractivity contribution in [3.05, 3.63) is 135 Å². The molecule has 0 spiro atoms. The second-order valence-corrected chi connectivity index (χ2v) is 12.5. The Bertz CT molecular complexity index is 2700. The van der Waals surface area contributed by atoms with Gasteiger partial charge in [0.2, 0.25) is 5.91 Å². The van der Waals surface area contributed by atoms with E-state index in [1.54, 1.807) is 0 Å². The van der Waals surface area contributed by atoms with Crippen LogP contribution < -0.4 is 5.43 Å². The number of methoxy groups -OCH3 is 1. The number of carbonyl (C=O) groups is 1. The van der Waals surface area contributed by atoms with E-state index in [4.69, 9.17) is 17.1 Å². The zero-order chi connectivity index (χ0) is 48.4. The molecule has 5 aromatic rings. The molecule has 1 aliphatic heterocycles. The molecule has 0 bridgehead atoms. The molecule has 1 saturated heterocycles. The summed E-state index contributed by atoms with van der Waals surface area (Å²) in [6.07, 6.45) is -5.26. The number of benzene rings is 4. The highest BCUT2D eigenvalue weighted by atomic mass is 32.2. The highest BCUT2D eigenvalue weighted by Crippen LogP contribution is 2.32. The minimum Gasteiger partial charge on any atom is -0.383 e. The molecule has 272 valence electrons. The lowest BCUT2D eigenvalue weighted by atomic mass is 10.00. The van der Waals surface area contributed by atoms with Crippen molar-refractivity contribution >= 4 is 28.6 Å². The van der Waals surface area contributed by atoms with E-state index >= 15 is 4.79 Å². The summed E-state index contributed by atoms with van der Waals surface area (Å²) in [7, 11) is 0.954. The van der Waals surface area contributed by atoms with Crippen molar-refractivity contribution in [2.24, 2.45) is 0 Å². The number of ether oxygens (including phenoxy) is 1. The van der Waals surface area contributed by atoms with Crippen molar-refractivity contribution < 1.29 is 49.3 Å². The van der Waals surface area contributed by atoms with E-state index in [2.05, 4.69) is 0 Å². The van der Waals surface area contributed by atoms with E-state index in [0.29, 0.717) is 32.4 Å². The zero-order valence-electron chi connectivity index (χ0n) is 40.3. The number of pyridine rings is 1. The van der Waals surface area contributed by atoms with Gasteiger partial charge in [-0.3, -0.25) is 9.59 Å². The number of hydrogen-bond donors (Lipinski definition) is 0. The highest BCUT2D eigenvalue weighted by Gasteiger charge is 2.31. The fourth-order valence-electron chi connectivity index (χ4n) is 5.50. The fraction of sp³-hybridized carbons (Fsp3) is 0.300. The average molecular weight is 749 g/mol. The third-order valence-electron chi connectivity index (χ3n) is 8.18. The standard InChI is InChI=1S/C40H38F5N3O3S/c1-51-22-21-46-19-17-32(18-20-46)47(24-27-9-11-28(12-10-27)29-13-15-31(16-14-29)40(43,44)45)37(50)25-48-35-8-3-2-6-33(35)36(49)23-38(48)52-26-30-5-4-7-34(41)39(30)42/h2-16,23,32H,17-22,24-26H2,1H3/i2D,3D,6D,8D,21D2,22D2,23D,24D2,25D2. The van der Waals surface area contributed by atoms with Crippen LogP contribution in [-0.2, 0) is 34.5 Å². The Balaban J connectivity index is 1.53. The molecule has 52 heavy (non-hydrogen) atoms. The van der Waals surface area contributed by atoms with E-state index in [-0.39, 0.29) is 37.1 Å². The molecular weight excluding hydrogens is 698 g/mol. The smallest absolute Gasteiger partial charge is 0.383 e. The number of likely N-dealkylation sites (tertiary alicyclic amines) is 1. The summed E-state index contributed by atoms with van der Waals surface area (Å²) in [6.45, 7) is -13.0. The van der Waals surface area contributed by atoms with Gasteiger partial charge in [-0.15, -0.1) is 11.8 Å². The lowest BCUT2D eigenvalue weighted by Crippen LogP contribution is -2.48. The number of halogens is 5. The number of carbonyl (C=O) groups excluding carboxylic acids is 1. The van der Waals surface area contributed by atoms with Crippen molar-refractivity contribution in [1.82, 2.24) is 14.4 Å². The first-order valence-corrected chi connectivity index (χ1v) is 16.7. The van der Waals surface area contributed by atoms with Crippen LogP contribution in [0, 0.1) is 11.6 Å². The van der Waals surface area contributed by atoms with Gasteiger partial charge < -0.3 is 19.1 Å². The second kappa shape index (κ2) is 16.4. The van der Waals surface area contributed by atoms with Gasteiger partial charge in [0.1, 0.15) is 6.50 Å². The normalized spacial score (nSPS) is 18.9. The molecule has 0 unspecified atom stereocenters. The maximum absolute atomic E-state index is 15.3. The SMILES string of the molecule is [2H]c1c([2H])c([2H])c2c(c1[2H])c(=O)c([2H])c(SCc1cccc(F)c1F)n2C([2H])([2H])C(=O)N(C1CCN(C([2H])([2H])C([2H])([2H])OC)CC1)C([2H])([2H])c1ccc(-c2ccc(C(F)(F)F)cc2)cc1. The van der Waals surface area contributed by atoms with Gasteiger partial charge in [0.25, 0.3) is 0 Å². The van der Waals surface area contributed by atoms with Crippen LogP contribution in [0.4, 0.5) is 22.0 Å². The van der Waals surface area contributed by atoms with E-state index in [1.807, 2.05) is 0 Å². The second-order valence-electron chi connectivity index (χ2n) is 11.5. The molecule has 2 heterocycles. The first-order valence-electron chi connectivity index (χ1n) is 22.2.